The first kappa shape index (κ1) is 14.6. The summed E-state index contributed by atoms with van der Waals surface area (Å²) in [6.07, 6.45) is 0.950. The monoisotopic (exact) mass is 270 g/mol. The molecule has 1 saturated heterocycles. The van der Waals surface area contributed by atoms with Crippen LogP contribution in [0.4, 0.5) is 4.79 Å². The summed E-state index contributed by atoms with van der Waals surface area (Å²) >= 11 is 0. The van der Waals surface area contributed by atoms with Crippen LogP contribution in [0.1, 0.15) is 27.2 Å². The normalized spacial score (nSPS) is 29.6. The number of likely N-dealkylation sites (N-methyl/N-ethyl adjacent to an activating group) is 1. The van der Waals surface area contributed by atoms with Gasteiger partial charge in [0.2, 0.25) is 0 Å². The van der Waals surface area contributed by atoms with Crippen molar-refractivity contribution in [3.05, 3.63) is 0 Å². The highest BCUT2D eigenvalue weighted by molar-refractivity contribution is 5.67. The molecule has 1 amide bonds. The lowest BCUT2D eigenvalue weighted by Crippen LogP contribution is -2.51. The Hall–Kier alpha value is -0.810. The van der Waals surface area contributed by atoms with E-state index in [2.05, 4.69) is 5.32 Å². The van der Waals surface area contributed by atoms with Crippen LogP contribution >= 0.6 is 0 Å². The van der Waals surface area contributed by atoms with Gasteiger partial charge in [0.05, 0.1) is 6.61 Å². The quantitative estimate of drug-likeness (QED) is 0.840. The summed E-state index contributed by atoms with van der Waals surface area (Å²) in [5, 5.41) is 3.51. The smallest absolute Gasteiger partial charge is 0.410 e. The van der Waals surface area contributed by atoms with Gasteiger partial charge in [0.1, 0.15) is 5.60 Å². The minimum absolute atomic E-state index is 0.259. The van der Waals surface area contributed by atoms with Gasteiger partial charge in [0.25, 0.3) is 0 Å². The lowest BCUT2D eigenvalue weighted by atomic mass is 9.71. The summed E-state index contributed by atoms with van der Waals surface area (Å²) in [5.74, 6) is 1.45. The summed E-state index contributed by atoms with van der Waals surface area (Å²) in [6.45, 7) is 8.95. The molecule has 0 bridgehead atoms. The van der Waals surface area contributed by atoms with Gasteiger partial charge in [0, 0.05) is 38.7 Å². The zero-order valence-electron chi connectivity index (χ0n) is 12.4. The Bertz CT molecular complexity index is 327. The first-order valence-corrected chi connectivity index (χ1v) is 7.12. The molecule has 0 aromatic carbocycles. The van der Waals surface area contributed by atoms with Crippen LogP contribution in [0.5, 0.6) is 0 Å². The van der Waals surface area contributed by atoms with E-state index in [0.29, 0.717) is 18.5 Å². The van der Waals surface area contributed by atoms with Crippen molar-refractivity contribution >= 4 is 6.09 Å². The van der Waals surface area contributed by atoms with Crippen LogP contribution in [-0.4, -0.2) is 56.0 Å². The molecule has 1 N–H and O–H groups in total. The number of amides is 1. The van der Waals surface area contributed by atoms with Crippen molar-refractivity contribution in [3.8, 4) is 0 Å². The summed E-state index contributed by atoms with van der Waals surface area (Å²) in [6, 6.07) is 0.569. The Balaban J connectivity index is 1.61. The van der Waals surface area contributed by atoms with Gasteiger partial charge in [-0.2, -0.15) is 0 Å². The van der Waals surface area contributed by atoms with Crippen molar-refractivity contribution < 1.29 is 14.3 Å². The van der Waals surface area contributed by atoms with Crippen molar-refractivity contribution in [3.63, 3.8) is 0 Å². The van der Waals surface area contributed by atoms with E-state index in [-0.39, 0.29) is 6.09 Å². The molecule has 2 aliphatic rings. The Kier molecular flexibility index (Phi) is 4.36. The SMILES string of the molecule is CN(CCNC1C[C@@H]2COC[C@H]12)C(=O)OC(C)(C)C. The molecule has 110 valence electrons. The molecule has 1 saturated carbocycles. The number of rotatable bonds is 4. The number of nitrogens with zero attached hydrogens (tertiary/aromatic N) is 1. The lowest BCUT2D eigenvalue weighted by molar-refractivity contribution is 0.0294. The predicted molar refractivity (Wildman–Crippen MR) is 73.1 cm³/mol. The number of hydrogen-bond donors (Lipinski definition) is 1. The van der Waals surface area contributed by atoms with Gasteiger partial charge in [-0.15, -0.1) is 0 Å². The summed E-state index contributed by atoms with van der Waals surface area (Å²) in [5.41, 5.74) is -0.429. The molecule has 3 atom stereocenters. The van der Waals surface area contributed by atoms with Crippen LogP contribution in [0, 0.1) is 11.8 Å². The molecule has 19 heavy (non-hydrogen) atoms. The fraction of sp³-hybridized carbons (Fsp3) is 0.929. The lowest BCUT2D eigenvalue weighted by Gasteiger charge is -2.39. The number of hydrogen-bond acceptors (Lipinski definition) is 4. The van der Waals surface area contributed by atoms with Crippen LogP contribution in [-0.2, 0) is 9.47 Å². The van der Waals surface area contributed by atoms with Gasteiger partial charge in [-0.1, -0.05) is 0 Å². The maximum absolute atomic E-state index is 11.8. The molecule has 5 nitrogen and oxygen atoms in total. The predicted octanol–water partition coefficient (Wildman–Crippen LogP) is 1.48. The number of nitrogens with one attached hydrogen (secondary N) is 1. The van der Waals surface area contributed by atoms with Gasteiger partial charge in [-0.3, -0.25) is 0 Å². The van der Waals surface area contributed by atoms with Crippen LogP contribution in [0.15, 0.2) is 0 Å². The first-order valence-electron chi connectivity index (χ1n) is 7.12. The zero-order chi connectivity index (χ0) is 14.0. The Morgan fingerprint density at radius 3 is 2.79 bits per heavy atom. The van der Waals surface area contributed by atoms with Crippen molar-refractivity contribution in [2.45, 2.75) is 38.8 Å². The van der Waals surface area contributed by atoms with Crippen molar-refractivity contribution in [1.29, 1.82) is 0 Å². The molecule has 1 aliphatic heterocycles. The highest BCUT2D eigenvalue weighted by Crippen LogP contribution is 2.39. The Morgan fingerprint density at radius 1 is 1.42 bits per heavy atom. The van der Waals surface area contributed by atoms with Gasteiger partial charge in [-0.25, -0.2) is 4.79 Å². The van der Waals surface area contributed by atoms with Crippen molar-refractivity contribution in [2.75, 3.05) is 33.4 Å². The third-order valence-corrected chi connectivity index (χ3v) is 3.88. The van der Waals surface area contributed by atoms with Crippen LogP contribution in [0.25, 0.3) is 0 Å². The minimum Gasteiger partial charge on any atom is -0.444 e. The summed E-state index contributed by atoms with van der Waals surface area (Å²) in [4.78, 5) is 13.4. The van der Waals surface area contributed by atoms with Crippen molar-refractivity contribution in [2.24, 2.45) is 11.8 Å². The van der Waals surface area contributed by atoms with E-state index in [1.165, 1.54) is 6.42 Å². The summed E-state index contributed by atoms with van der Waals surface area (Å²) < 4.78 is 10.8. The first-order chi connectivity index (χ1) is 8.87. The standard InChI is InChI=1S/C14H26N2O3/c1-14(2,3)19-13(17)16(4)6-5-15-12-7-10-8-18-9-11(10)12/h10-12,15H,5-9H2,1-4H3/t10-,11+,12?/m1/s1. The maximum Gasteiger partial charge on any atom is 0.410 e. The summed E-state index contributed by atoms with van der Waals surface area (Å²) in [7, 11) is 1.78. The number of ether oxygens (including phenoxy) is 2. The molecule has 1 aliphatic carbocycles. The fourth-order valence-corrected chi connectivity index (χ4v) is 2.69. The molecule has 1 heterocycles. The van der Waals surface area contributed by atoms with E-state index in [1.54, 1.807) is 11.9 Å². The molecule has 0 aromatic rings. The second-order valence-corrected chi connectivity index (χ2v) is 6.66. The molecule has 2 rings (SSSR count). The van der Waals surface area contributed by atoms with E-state index < -0.39 is 5.60 Å². The van der Waals surface area contributed by atoms with Gasteiger partial charge in [0.15, 0.2) is 0 Å². The molecular formula is C14H26N2O3. The number of carbonyl (C=O) groups excluding carboxylic acids is 1. The molecular weight excluding hydrogens is 244 g/mol. The average molecular weight is 270 g/mol. The largest absolute Gasteiger partial charge is 0.444 e. The van der Waals surface area contributed by atoms with Crippen molar-refractivity contribution in [1.82, 2.24) is 10.2 Å². The van der Waals surface area contributed by atoms with Gasteiger partial charge >= 0.3 is 6.09 Å². The fourth-order valence-electron chi connectivity index (χ4n) is 2.69. The average Bonchev–Trinajstić information content (AvgIpc) is 2.63. The van der Waals surface area contributed by atoms with E-state index in [1.807, 2.05) is 20.8 Å². The van der Waals surface area contributed by atoms with Crippen LogP contribution in [0.3, 0.4) is 0 Å². The third kappa shape index (κ3) is 3.83. The molecule has 0 spiro atoms. The topological polar surface area (TPSA) is 50.8 Å². The molecule has 2 fully saturated rings. The molecule has 0 radical (unpaired) electrons. The zero-order valence-corrected chi connectivity index (χ0v) is 12.4. The number of carbonyl (C=O) groups is 1. The highest BCUT2D eigenvalue weighted by atomic mass is 16.6. The van der Waals surface area contributed by atoms with E-state index in [9.17, 15) is 4.79 Å². The van der Waals surface area contributed by atoms with E-state index >= 15 is 0 Å². The van der Waals surface area contributed by atoms with E-state index in [0.717, 1.165) is 25.7 Å². The third-order valence-electron chi connectivity index (χ3n) is 3.88. The molecule has 5 heteroatoms. The molecule has 1 unspecified atom stereocenters. The Labute approximate surface area is 115 Å². The highest BCUT2D eigenvalue weighted by Gasteiger charge is 2.44. The van der Waals surface area contributed by atoms with Crippen LogP contribution in [0.2, 0.25) is 0 Å². The second kappa shape index (κ2) is 5.67. The van der Waals surface area contributed by atoms with Crippen LogP contribution < -0.4 is 5.32 Å². The maximum atomic E-state index is 11.8. The Morgan fingerprint density at radius 2 is 2.16 bits per heavy atom. The van der Waals surface area contributed by atoms with Gasteiger partial charge < -0.3 is 19.7 Å². The van der Waals surface area contributed by atoms with Gasteiger partial charge in [-0.05, 0) is 33.1 Å². The second-order valence-electron chi connectivity index (χ2n) is 6.66. The number of fused-ring (bicyclic) bond motifs is 1. The minimum atomic E-state index is -0.429. The van der Waals surface area contributed by atoms with E-state index in [4.69, 9.17) is 9.47 Å². The molecule has 0 aromatic heterocycles.